The van der Waals surface area contributed by atoms with Gasteiger partial charge in [0, 0.05) is 12.8 Å². The predicted molar refractivity (Wildman–Crippen MR) is 151 cm³/mol. The molecule has 0 fully saturated rings. The van der Waals surface area contributed by atoms with E-state index in [0.717, 1.165) is 58.0 Å². The summed E-state index contributed by atoms with van der Waals surface area (Å²) in [7, 11) is 0. The van der Waals surface area contributed by atoms with Gasteiger partial charge < -0.3 is 0 Å². The van der Waals surface area contributed by atoms with Crippen molar-refractivity contribution in [2.24, 2.45) is 9.98 Å². The van der Waals surface area contributed by atoms with E-state index in [9.17, 15) is 0 Å². The molecule has 2 heterocycles. The average Bonchev–Trinajstić information content (AvgIpc) is 3.58. The van der Waals surface area contributed by atoms with Crippen LogP contribution in [0.25, 0.3) is 0 Å². The lowest BCUT2D eigenvalue weighted by atomic mass is 10.0. The zero-order valence-electron chi connectivity index (χ0n) is 20.3. The van der Waals surface area contributed by atoms with Crippen LogP contribution in [0.3, 0.4) is 0 Å². The maximum atomic E-state index is 5.69. The van der Waals surface area contributed by atoms with Crippen molar-refractivity contribution in [2.45, 2.75) is 12.8 Å². The number of fused-ring (bicyclic) bond motifs is 2. The molecular formula is C34H23N3. The summed E-state index contributed by atoms with van der Waals surface area (Å²) in [6, 6.07) is 33.0. The van der Waals surface area contributed by atoms with Gasteiger partial charge in [-0.1, -0.05) is 78.9 Å². The number of terminal acetylenes is 1. The van der Waals surface area contributed by atoms with E-state index < -0.39 is 0 Å². The first-order chi connectivity index (χ1) is 18.3. The Balaban J connectivity index is 1.29. The van der Waals surface area contributed by atoms with Gasteiger partial charge in [-0.3, -0.25) is 14.6 Å². The third-order valence-electron chi connectivity index (χ3n) is 6.56. The molecule has 0 amide bonds. The van der Waals surface area contributed by atoms with E-state index >= 15 is 0 Å². The highest BCUT2D eigenvalue weighted by molar-refractivity contribution is 6.07. The summed E-state index contributed by atoms with van der Waals surface area (Å²) >= 11 is 0. The van der Waals surface area contributed by atoms with Gasteiger partial charge in [0.05, 0.1) is 22.8 Å². The van der Waals surface area contributed by atoms with Gasteiger partial charge in [0.25, 0.3) is 0 Å². The van der Waals surface area contributed by atoms with Crippen LogP contribution in [0.2, 0.25) is 0 Å². The maximum absolute atomic E-state index is 5.69. The third-order valence-corrected chi connectivity index (χ3v) is 6.56. The molecule has 3 heteroatoms. The summed E-state index contributed by atoms with van der Waals surface area (Å²) in [5.74, 6) is 9.09. The second-order valence-electron chi connectivity index (χ2n) is 8.98. The first kappa shape index (κ1) is 22.5. The van der Waals surface area contributed by atoms with Gasteiger partial charge in [-0.2, -0.15) is 0 Å². The molecule has 0 N–H and O–H groups in total. The lowest BCUT2D eigenvalue weighted by Crippen LogP contribution is -2.08. The second-order valence-corrected chi connectivity index (χ2v) is 8.98. The first-order valence-electron chi connectivity index (χ1n) is 12.3. The smallest absolute Gasteiger partial charge is 0.187 e. The molecule has 0 aromatic heterocycles. The summed E-state index contributed by atoms with van der Waals surface area (Å²) < 4.78 is 1.88. The van der Waals surface area contributed by atoms with Crippen molar-refractivity contribution >= 4 is 34.7 Å². The van der Waals surface area contributed by atoms with Gasteiger partial charge in [0.2, 0.25) is 0 Å². The molecule has 0 aliphatic carbocycles. The Bertz CT molecular complexity index is 1700. The molecular weight excluding hydrogens is 450 g/mol. The molecule has 0 spiro atoms. The Morgan fingerprint density at radius 3 is 2.35 bits per heavy atom. The number of hydrogen-bond acceptors (Lipinski definition) is 2. The number of para-hydroxylation sites is 2. The van der Waals surface area contributed by atoms with E-state index in [-0.39, 0.29) is 0 Å². The molecule has 6 rings (SSSR count). The summed E-state index contributed by atoms with van der Waals surface area (Å²) in [5.41, 5.74) is 10.6. The van der Waals surface area contributed by atoms with E-state index in [1.807, 2.05) is 53.1 Å². The van der Waals surface area contributed by atoms with Gasteiger partial charge in [-0.15, -0.1) is 12.3 Å². The van der Waals surface area contributed by atoms with E-state index in [1.165, 1.54) is 11.1 Å². The average molecular weight is 474 g/mol. The molecule has 2 aliphatic heterocycles. The quantitative estimate of drug-likeness (QED) is 0.144. The summed E-state index contributed by atoms with van der Waals surface area (Å²) in [6.45, 7) is 0.369. The highest BCUT2D eigenvalue weighted by Gasteiger charge is 2.17. The molecule has 4 aromatic carbocycles. The number of benzene rings is 4. The lowest BCUT2D eigenvalue weighted by Gasteiger charge is -2.08. The van der Waals surface area contributed by atoms with Crippen LogP contribution >= 0.6 is 0 Å². The zero-order chi connectivity index (χ0) is 25.0. The molecule has 174 valence electrons. The standard InChI is InChI=1S/C34H23N3/c1-2-20-37(30-18-9-15-27(22-30)33-23-28-13-6-7-19-31(28)35-33)21-10-17-26-14-8-16-29-24-32(36-34(26)29)25-11-4-3-5-12-25/h1,3-9,11-16,18-19,22H,20,23-24H2. The summed E-state index contributed by atoms with van der Waals surface area (Å²) in [4.78, 5) is 9.74. The van der Waals surface area contributed by atoms with E-state index in [4.69, 9.17) is 16.4 Å². The highest BCUT2D eigenvalue weighted by atomic mass is 15.0. The molecule has 0 saturated carbocycles. The highest BCUT2D eigenvalue weighted by Crippen LogP contribution is 2.32. The van der Waals surface area contributed by atoms with Crippen molar-refractivity contribution in [3.63, 3.8) is 0 Å². The lowest BCUT2D eigenvalue weighted by molar-refractivity contribution is -0.419. The Kier molecular flexibility index (Phi) is 6.04. The van der Waals surface area contributed by atoms with Gasteiger partial charge in [-0.05, 0) is 51.9 Å². The van der Waals surface area contributed by atoms with Gasteiger partial charge >= 0.3 is 0 Å². The molecule has 4 aromatic rings. The largest absolute Gasteiger partial charge is 0.285 e. The molecule has 0 saturated heterocycles. The molecule has 3 nitrogen and oxygen atoms in total. The van der Waals surface area contributed by atoms with E-state index in [2.05, 4.69) is 72.5 Å². The Morgan fingerprint density at radius 1 is 0.757 bits per heavy atom. The van der Waals surface area contributed by atoms with E-state index in [0.29, 0.717) is 6.54 Å². The van der Waals surface area contributed by atoms with Crippen molar-refractivity contribution in [2.75, 3.05) is 6.54 Å². The van der Waals surface area contributed by atoms with Crippen LogP contribution in [0.4, 0.5) is 17.1 Å². The summed E-state index contributed by atoms with van der Waals surface area (Å²) in [5, 5.41) is 0. The monoisotopic (exact) mass is 473 g/mol. The number of aliphatic imine (C=N–C) groups is 2. The number of hydrogen-bond donors (Lipinski definition) is 0. The van der Waals surface area contributed by atoms with Crippen LogP contribution in [0.15, 0.2) is 107 Å². The van der Waals surface area contributed by atoms with E-state index in [1.54, 1.807) is 0 Å². The second kappa shape index (κ2) is 9.94. The molecule has 0 bridgehead atoms. The Labute approximate surface area is 217 Å². The first-order valence-corrected chi connectivity index (χ1v) is 12.3. The van der Waals surface area contributed by atoms with Crippen molar-refractivity contribution < 1.29 is 4.58 Å². The SMILES string of the molecule is C#CC[N+](=[C-]C#Cc1cccc2c1N=C(c1ccccc1)C2)c1cccc(C2=Nc3ccccc3C2)c1. The molecule has 37 heavy (non-hydrogen) atoms. The summed E-state index contributed by atoms with van der Waals surface area (Å²) in [6.07, 6.45) is 10.5. The minimum absolute atomic E-state index is 0.369. The van der Waals surface area contributed by atoms with Gasteiger partial charge in [-0.25, -0.2) is 5.92 Å². The predicted octanol–water partition coefficient (Wildman–Crippen LogP) is 6.32. The van der Waals surface area contributed by atoms with Gasteiger partial charge in [0.15, 0.2) is 12.8 Å². The molecule has 0 radical (unpaired) electrons. The van der Waals surface area contributed by atoms with Crippen LogP contribution in [0, 0.1) is 24.2 Å². The van der Waals surface area contributed by atoms with Gasteiger partial charge in [0.1, 0.15) is 5.69 Å². The van der Waals surface area contributed by atoms with Crippen LogP contribution in [0.1, 0.15) is 27.8 Å². The molecule has 0 atom stereocenters. The fourth-order valence-corrected chi connectivity index (χ4v) is 4.72. The number of nitrogens with zero attached hydrogens (tertiary/aromatic N) is 3. The van der Waals surface area contributed by atoms with Crippen LogP contribution in [-0.4, -0.2) is 28.8 Å². The topological polar surface area (TPSA) is 27.7 Å². The van der Waals surface area contributed by atoms with Crippen LogP contribution in [0.5, 0.6) is 0 Å². The zero-order valence-corrected chi connectivity index (χ0v) is 20.3. The van der Waals surface area contributed by atoms with Crippen LogP contribution < -0.4 is 0 Å². The Hall–Kier alpha value is -4.99. The Morgan fingerprint density at radius 2 is 1.49 bits per heavy atom. The molecule has 0 unspecified atom stereocenters. The fourth-order valence-electron chi connectivity index (χ4n) is 4.72. The normalized spacial score (nSPS) is 13.5. The third kappa shape index (κ3) is 4.64. The van der Waals surface area contributed by atoms with Crippen molar-refractivity contribution in [3.8, 4) is 24.2 Å². The van der Waals surface area contributed by atoms with Crippen molar-refractivity contribution in [3.05, 3.63) is 125 Å². The molecule has 2 aliphatic rings. The number of rotatable bonds is 4. The minimum Gasteiger partial charge on any atom is -0.285 e. The van der Waals surface area contributed by atoms with Crippen LogP contribution in [-0.2, 0) is 12.8 Å². The maximum Gasteiger partial charge on any atom is 0.187 e. The van der Waals surface area contributed by atoms with Crippen molar-refractivity contribution in [1.29, 1.82) is 0 Å². The van der Waals surface area contributed by atoms with Crippen molar-refractivity contribution in [1.82, 2.24) is 0 Å². The minimum atomic E-state index is 0.369. The fraction of sp³-hybridized carbons (Fsp3) is 0.0882.